The number of amides is 2. The molecule has 1 heterocycles. The Bertz CT molecular complexity index is 775. The zero-order valence-electron chi connectivity index (χ0n) is 15.0. The predicted molar refractivity (Wildman–Crippen MR) is 95.6 cm³/mol. The van der Waals surface area contributed by atoms with Crippen LogP contribution in [0.1, 0.15) is 18.9 Å². The lowest BCUT2D eigenvalue weighted by molar-refractivity contribution is -0.131. The first-order valence-corrected chi connectivity index (χ1v) is 9.85. The highest BCUT2D eigenvalue weighted by Crippen LogP contribution is 2.29. The molecule has 2 rings (SSSR count). The summed E-state index contributed by atoms with van der Waals surface area (Å²) >= 11 is 0. The summed E-state index contributed by atoms with van der Waals surface area (Å²) in [6.45, 7) is 3.11. The van der Waals surface area contributed by atoms with Gasteiger partial charge in [0.15, 0.2) is 9.84 Å². The van der Waals surface area contributed by atoms with Crippen LogP contribution in [0.2, 0.25) is 0 Å². The van der Waals surface area contributed by atoms with Crippen molar-refractivity contribution in [3.05, 3.63) is 23.8 Å². The summed E-state index contributed by atoms with van der Waals surface area (Å²) < 4.78 is 28.5. The minimum atomic E-state index is -3.08. The highest BCUT2D eigenvalue weighted by Gasteiger charge is 2.33. The van der Waals surface area contributed by atoms with E-state index < -0.39 is 9.84 Å². The molecule has 1 unspecified atom stereocenters. The second kappa shape index (κ2) is 7.43. The Morgan fingerprint density at radius 2 is 2.00 bits per heavy atom. The first kappa shape index (κ1) is 19.2. The molecule has 0 aliphatic carbocycles. The molecule has 0 aromatic heterocycles. The number of hydrogen-bond donors (Lipinski definition) is 0. The van der Waals surface area contributed by atoms with Crippen LogP contribution >= 0.6 is 0 Å². The van der Waals surface area contributed by atoms with Crippen LogP contribution in [0.25, 0.3) is 0 Å². The molecule has 1 atom stereocenters. The Labute approximate surface area is 148 Å². The number of benzene rings is 1. The number of likely N-dealkylation sites (N-methyl/N-ethyl adjacent to an activating group) is 1. The Kier molecular flexibility index (Phi) is 5.72. The molecule has 0 N–H and O–H groups in total. The van der Waals surface area contributed by atoms with Crippen molar-refractivity contribution in [1.29, 1.82) is 0 Å². The van der Waals surface area contributed by atoms with Crippen molar-refractivity contribution in [2.24, 2.45) is 0 Å². The summed E-state index contributed by atoms with van der Waals surface area (Å²) in [6, 6.07) is 5.05. The van der Waals surface area contributed by atoms with Crippen LogP contribution < -0.4 is 9.64 Å². The average Bonchev–Trinajstić information content (AvgIpc) is 2.91. The molecule has 0 radical (unpaired) electrons. The monoisotopic (exact) mass is 368 g/mol. The summed E-state index contributed by atoms with van der Waals surface area (Å²) in [5.41, 5.74) is 1.46. The van der Waals surface area contributed by atoms with E-state index in [0.29, 0.717) is 17.9 Å². The summed E-state index contributed by atoms with van der Waals surface area (Å²) in [5, 5.41) is 0. The van der Waals surface area contributed by atoms with E-state index in [9.17, 15) is 18.0 Å². The molecular formula is C17H24N2O5S. The zero-order valence-corrected chi connectivity index (χ0v) is 15.8. The van der Waals surface area contributed by atoms with Gasteiger partial charge in [-0.2, -0.15) is 0 Å². The van der Waals surface area contributed by atoms with Crippen molar-refractivity contribution in [2.75, 3.05) is 37.1 Å². The molecule has 1 aliphatic rings. The second-order valence-corrected chi connectivity index (χ2v) is 8.57. The van der Waals surface area contributed by atoms with E-state index in [2.05, 4.69) is 0 Å². The van der Waals surface area contributed by atoms with E-state index in [1.54, 1.807) is 19.2 Å². The van der Waals surface area contributed by atoms with Crippen LogP contribution in [0.15, 0.2) is 18.2 Å². The molecule has 0 spiro atoms. The minimum absolute atomic E-state index is 0.0247. The molecule has 1 aromatic carbocycles. The van der Waals surface area contributed by atoms with Crippen molar-refractivity contribution in [1.82, 2.24) is 4.90 Å². The molecule has 2 amide bonds. The lowest BCUT2D eigenvalue weighted by Gasteiger charge is -2.28. The number of ether oxygens (including phenoxy) is 1. The molecule has 0 bridgehead atoms. The van der Waals surface area contributed by atoms with Gasteiger partial charge in [-0.05, 0) is 31.0 Å². The fraction of sp³-hybridized carbons (Fsp3) is 0.529. The van der Waals surface area contributed by atoms with Gasteiger partial charge in [0.1, 0.15) is 12.3 Å². The van der Waals surface area contributed by atoms with Gasteiger partial charge < -0.3 is 9.64 Å². The van der Waals surface area contributed by atoms with Crippen molar-refractivity contribution >= 4 is 27.3 Å². The third kappa shape index (κ3) is 4.50. The molecule has 25 heavy (non-hydrogen) atoms. The van der Waals surface area contributed by atoms with Crippen LogP contribution in [0.4, 0.5) is 5.69 Å². The summed E-state index contributed by atoms with van der Waals surface area (Å²) in [6.07, 6.45) is 0.429. The topological polar surface area (TPSA) is 84.0 Å². The van der Waals surface area contributed by atoms with Crippen molar-refractivity contribution in [2.45, 2.75) is 26.3 Å². The van der Waals surface area contributed by atoms with E-state index in [1.807, 2.05) is 13.0 Å². The van der Waals surface area contributed by atoms with Crippen LogP contribution in [-0.2, 0) is 19.4 Å². The van der Waals surface area contributed by atoms with E-state index in [-0.39, 0.29) is 35.9 Å². The van der Waals surface area contributed by atoms with Crippen LogP contribution in [0.5, 0.6) is 5.75 Å². The number of nitrogens with zero attached hydrogens (tertiary/aromatic N) is 2. The molecule has 1 saturated heterocycles. The molecule has 0 saturated carbocycles. The van der Waals surface area contributed by atoms with Gasteiger partial charge in [-0.15, -0.1) is 0 Å². The van der Waals surface area contributed by atoms with Gasteiger partial charge in [0.25, 0.3) is 0 Å². The first-order valence-electron chi connectivity index (χ1n) is 8.03. The Morgan fingerprint density at radius 3 is 2.52 bits per heavy atom. The van der Waals surface area contributed by atoms with Gasteiger partial charge in [-0.3, -0.25) is 14.5 Å². The average molecular weight is 368 g/mol. The number of hydrogen-bond acceptors (Lipinski definition) is 5. The largest absolute Gasteiger partial charge is 0.495 e. The number of carbonyl (C=O) groups is 2. The quantitative estimate of drug-likeness (QED) is 0.774. The standard InChI is InChI=1S/C17H24N2O5S/c1-12-5-6-16(24-4)15(9-12)19(13(2)20)10-17(21)18(3)14-7-8-25(22,23)11-14/h5-6,9,14H,7-8,10-11H2,1-4H3. The minimum Gasteiger partial charge on any atom is -0.495 e. The lowest BCUT2D eigenvalue weighted by atomic mass is 10.1. The fourth-order valence-electron chi connectivity index (χ4n) is 2.91. The summed E-state index contributed by atoms with van der Waals surface area (Å²) in [5.74, 6) is -0.0224. The zero-order chi connectivity index (χ0) is 18.8. The van der Waals surface area contributed by atoms with E-state index >= 15 is 0 Å². The van der Waals surface area contributed by atoms with Crippen LogP contribution in [0.3, 0.4) is 0 Å². The van der Waals surface area contributed by atoms with Gasteiger partial charge in [-0.25, -0.2) is 8.42 Å². The molecule has 8 heteroatoms. The number of rotatable bonds is 5. The Morgan fingerprint density at radius 1 is 1.32 bits per heavy atom. The third-order valence-electron chi connectivity index (χ3n) is 4.45. The first-order chi connectivity index (χ1) is 11.6. The van der Waals surface area contributed by atoms with Crippen LogP contribution in [-0.4, -0.2) is 63.4 Å². The predicted octanol–water partition coefficient (Wildman–Crippen LogP) is 1.00. The van der Waals surface area contributed by atoms with Gasteiger partial charge in [0.2, 0.25) is 11.8 Å². The highest BCUT2D eigenvalue weighted by atomic mass is 32.2. The van der Waals surface area contributed by atoms with Crippen molar-refractivity contribution in [3.63, 3.8) is 0 Å². The number of methoxy groups -OCH3 is 1. The Hall–Kier alpha value is -2.09. The van der Waals surface area contributed by atoms with E-state index in [0.717, 1.165) is 5.56 Å². The van der Waals surface area contributed by atoms with Gasteiger partial charge in [-0.1, -0.05) is 6.07 Å². The number of aryl methyl sites for hydroxylation is 1. The maximum Gasteiger partial charge on any atom is 0.242 e. The normalized spacial score (nSPS) is 18.6. The fourth-order valence-corrected chi connectivity index (χ4v) is 4.68. The maximum absolute atomic E-state index is 12.6. The van der Waals surface area contributed by atoms with Gasteiger partial charge in [0.05, 0.1) is 24.3 Å². The second-order valence-electron chi connectivity index (χ2n) is 6.34. The summed E-state index contributed by atoms with van der Waals surface area (Å²) in [4.78, 5) is 27.5. The molecular weight excluding hydrogens is 344 g/mol. The SMILES string of the molecule is COc1ccc(C)cc1N(CC(=O)N(C)C1CCS(=O)(=O)C1)C(C)=O. The number of anilines is 1. The number of carbonyl (C=O) groups excluding carboxylic acids is 2. The third-order valence-corrected chi connectivity index (χ3v) is 6.20. The molecule has 1 aromatic rings. The lowest BCUT2D eigenvalue weighted by Crippen LogP contribution is -2.45. The molecule has 138 valence electrons. The molecule has 1 aliphatic heterocycles. The maximum atomic E-state index is 12.6. The van der Waals surface area contributed by atoms with Crippen molar-refractivity contribution in [3.8, 4) is 5.75 Å². The Balaban J connectivity index is 2.21. The van der Waals surface area contributed by atoms with Gasteiger partial charge >= 0.3 is 0 Å². The van der Waals surface area contributed by atoms with Crippen LogP contribution in [0, 0.1) is 6.92 Å². The smallest absolute Gasteiger partial charge is 0.242 e. The van der Waals surface area contributed by atoms with Gasteiger partial charge in [0, 0.05) is 20.0 Å². The molecule has 7 nitrogen and oxygen atoms in total. The number of sulfone groups is 1. The highest BCUT2D eigenvalue weighted by molar-refractivity contribution is 7.91. The summed E-state index contributed by atoms with van der Waals surface area (Å²) in [7, 11) is 0.00507. The van der Waals surface area contributed by atoms with E-state index in [4.69, 9.17) is 4.74 Å². The van der Waals surface area contributed by atoms with E-state index in [1.165, 1.54) is 23.8 Å². The molecule has 1 fully saturated rings. The van der Waals surface area contributed by atoms with Crippen molar-refractivity contribution < 1.29 is 22.7 Å².